The number of hydrogen-bond acceptors (Lipinski definition) is 6. The van der Waals surface area contributed by atoms with Crippen LogP contribution in [0.1, 0.15) is 25.3 Å². The number of esters is 1. The lowest BCUT2D eigenvalue weighted by atomic mass is 9.45. The van der Waals surface area contributed by atoms with Crippen LogP contribution >= 0.6 is 0 Å². The average Bonchev–Trinajstić information content (AvgIpc) is 3.11. The lowest BCUT2D eigenvalue weighted by molar-refractivity contribution is -0.184. The maximum atomic E-state index is 13.4. The minimum Gasteiger partial charge on any atom is -0.468 e. The third-order valence-corrected chi connectivity index (χ3v) is 7.91. The fourth-order valence-electron chi connectivity index (χ4n) is 7.01. The third-order valence-electron chi connectivity index (χ3n) is 7.91. The van der Waals surface area contributed by atoms with Crippen LogP contribution in [0.4, 0.5) is 5.69 Å². The van der Waals surface area contributed by atoms with Crippen LogP contribution in [0.3, 0.4) is 0 Å². The van der Waals surface area contributed by atoms with Gasteiger partial charge in [0.2, 0.25) is 0 Å². The molecule has 1 aromatic carbocycles. The molecular formula is C21H26N2O4. The molecule has 1 aliphatic carbocycles. The lowest BCUT2D eigenvalue weighted by Gasteiger charge is -2.59. The van der Waals surface area contributed by atoms with E-state index in [1.54, 1.807) is 0 Å². The monoisotopic (exact) mass is 370 g/mol. The first-order valence-corrected chi connectivity index (χ1v) is 9.68. The molecule has 0 radical (unpaired) electrons. The number of para-hydroxylation sites is 1. The number of carbonyl (C=O) groups excluding carboxylic acids is 1. The zero-order valence-electron chi connectivity index (χ0n) is 15.7. The van der Waals surface area contributed by atoms with E-state index in [0.29, 0.717) is 19.4 Å². The van der Waals surface area contributed by atoms with E-state index in [1.165, 1.54) is 7.11 Å². The van der Waals surface area contributed by atoms with Gasteiger partial charge in [-0.3, -0.25) is 9.69 Å². The van der Waals surface area contributed by atoms with Crippen molar-refractivity contribution < 1.29 is 19.7 Å². The Morgan fingerprint density at radius 1 is 1.44 bits per heavy atom. The number of nitrogens with one attached hydrogen (secondary N) is 1. The predicted octanol–water partition coefficient (Wildman–Crippen LogP) is 1.24. The summed E-state index contributed by atoms with van der Waals surface area (Å²) in [6, 6.07) is 7.97. The first kappa shape index (κ1) is 17.2. The summed E-state index contributed by atoms with van der Waals surface area (Å²) in [7, 11) is 1.40. The number of fused-ring (bicyclic) bond motifs is 3. The average molecular weight is 370 g/mol. The highest BCUT2D eigenvalue weighted by Gasteiger charge is 2.82. The van der Waals surface area contributed by atoms with Gasteiger partial charge < -0.3 is 20.3 Å². The number of anilines is 1. The number of carbonyl (C=O) groups is 1. The Hall–Kier alpha value is -1.89. The van der Waals surface area contributed by atoms with Crippen molar-refractivity contribution in [1.82, 2.24) is 4.90 Å². The van der Waals surface area contributed by atoms with Gasteiger partial charge in [-0.05, 0) is 31.4 Å². The number of hydrogen-bond donors (Lipinski definition) is 3. The second-order valence-corrected chi connectivity index (χ2v) is 8.30. The Bertz CT molecular complexity index is 854. The molecule has 6 heteroatoms. The number of aliphatic hydroxyl groups is 2. The Labute approximate surface area is 158 Å². The van der Waals surface area contributed by atoms with Gasteiger partial charge in [0.1, 0.15) is 11.1 Å². The first-order chi connectivity index (χ1) is 13.0. The van der Waals surface area contributed by atoms with Gasteiger partial charge in [0.25, 0.3) is 0 Å². The van der Waals surface area contributed by atoms with Crippen LogP contribution in [0.25, 0.3) is 0 Å². The third kappa shape index (κ3) is 1.55. The topological polar surface area (TPSA) is 82.0 Å². The molecule has 4 fully saturated rings. The number of nitrogens with zero attached hydrogens (tertiary/aromatic N) is 1. The highest BCUT2D eigenvalue weighted by molar-refractivity contribution is 5.85. The van der Waals surface area contributed by atoms with Crippen LogP contribution in [-0.4, -0.2) is 59.7 Å². The van der Waals surface area contributed by atoms with Gasteiger partial charge in [-0.25, -0.2) is 0 Å². The summed E-state index contributed by atoms with van der Waals surface area (Å²) in [6.45, 7) is 3.10. The summed E-state index contributed by atoms with van der Waals surface area (Å²) in [5.41, 5.74) is 0.354. The highest BCUT2D eigenvalue weighted by Crippen LogP contribution is 2.72. The van der Waals surface area contributed by atoms with Crippen molar-refractivity contribution in [2.45, 2.75) is 36.9 Å². The van der Waals surface area contributed by atoms with Crippen molar-refractivity contribution in [3.63, 3.8) is 0 Å². The molecule has 6 rings (SSSR count). The minimum atomic E-state index is -1.13. The molecule has 4 aliphatic heterocycles. The van der Waals surface area contributed by atoms with Crippen LogP contribution in [-0.2, 0) is 14.9 Å². The van der Waals surface area contributed by atoms with Gasteiger partial charge in [-0.1, -0.05) is 29.8 Å². The van der Waals surface area contributed by atoms with Crippen LogP contribution in [0, 0.1) is 11.3 Å². The van der Waals surface area contributed by atoms with E-state index in [0.717, 1.165) is 23.4 Å². The fraction of sp³-hybridized carbons (Fsp3) is 0.571. The standard InChI is InChI=1S/C21H26N2O4/c1-3-13-11-23-9-8-20-14-6-4-5-7-16(14)22-21(20,23)17(25)10-15(13)19(20,12-24)18(26)27-2/h3-7,15,17,22,24-25H,8-12H2,1-2H3/b13-3-/t15-,17+,19-,20-,21?/m0/s1. The van der Waals surface area contributed by atoms with E-state index >= 15 is 0 Å². The van der Waals surface area contributed by atoms with Crippen molar-refractivity contribution in [2.75, 3.05) is 32.1 Å². The number of allylic oxidation sites excluding steroid dienone is 1. The highest BCUT2D eigenvalue weighted by atomic mass is 16.5. The Morgan fingerprint density at radius 3 is 2.93 bits per heavy atom. The van der Waals surface area contributed by atoms with E-state index in [1.807, 2.05) is 37.3 Å². The molecule has 4 bridgehead atoms. The maximum absolute atomic E-state index is 13.4. The van der Waals surface area contributed by atoms with Crippen molar-refractivity contribution in [3.05, 3.63) is 41.5 Å². The number of aliphatic hydroxyl groups excluding tert-OH is 2. The molecule has 1 aromatic rings. The van der Waals surface area contributed by atoms with Gasteiger partial charge in [0, 0.05) is 24.7 Å². The van der Waals surface area contributed by atoms with Gasteiger partial charge >= 0.3 is 5.97 Å². The van der Waals surface area contributed by atoms with Crippen LogP contribution in [0.2, 0.25) is 0 Å². The van der Waals surface area contributed by atoms with Crippen molar-refractivity contribution in [2.24, 2.45) is 11.3 Å². The van der Waals surface area contributed by atoms with Crippen LogP contribution in [0.15, 0.2) is 35.9 Å². The molecule has 3 N–H and O–H groups in total. The van der Waals surface area contributed by atoms with Crippen molar-refractivity contribution in [1.29, 1.82) is 0 Å². The summed E-state index contributed by atoms with van der Waals surface area (Å²) in [5.74, 6) is -0.644. The minimum absolute atomic E-state index is 0.263. The molecule has 0 amide bonds. The largest absolute Gasteiger partial charge is 0.468 e. The Kier molecular flexibility index (Phi) is 3.41. The first-order valence-electron chi connectivity index (χ1n) is 9.68. The van der Waals surface area contributed by atoms with E-state index < -0.39 is 22.6 Å². The quantitative estimate of drug-likeness (QED) is 0.537. The summed E-state index contributed by atoms with van der Waals surface area (Å²) in [5, 5.41) is 25.9. The predicted molar refractivity (Wildman–Crippen MR) is 100 cm³/mol. The molecule has 6 nitrogen and oxygen atoms in total. The molecule has 27 heavy (non-hydrogen) atoms. The summed E-state index contributed by atoms with van der Waals surface area (Å²) in [4.78, 5) is 15.7. The maximum Gasteiger partial charge on any atom is 0.315 e. The number of benzene rings is 1. The summed E-state index contributed by atoms with van der Waals surface area (Å²) >= 11 is 0. The van der Waals surface area contributed by atoms with Gasteiger partial charge in [0.15, 0.2) is 0 Å². The Balaban J connectivity index is 1.93. The van der Waals surface area contributed by atoms with Crippen molar-refractivity contribution >= 4 is 11.7 Å². The van der Waals surface area contributed by atoms with Crippen molar-refractivity contribution in [3.8, 4) is 0 Å². The van der Waals surface area contributed by atoms with Gasteiger partial charge in [-0.15, -0.1) is 0 Å². The molecule has 3 saturated heterocycles. The number of methoxy groups -OCH3 is 1. The number of rotatable bonds is 2. The molecule has 1 saturated carbocycles. The van der Waals surface area contributed by atoms with E-state index in [4.69, 9.17) is 4.74 Å². The zero-order valence-corrected chi connectivity index (χ0v) is 15.7. The molecular weight excluding hydrogens is 344 g/mol. The normalized spacial score (nSPS) is 45.2. The molecule has 1 spiro atoms. The second kappa shape index (κ2) is 5.34. The van der Waals surface area contributed by atoms with E-state index in [9.17, 15) is 15.0 Å². The molecule has 2 unspecified atom stereocenters. The Morgan fingerprint density at radius 2 is 2.22 bits per heavy atom. The zero-order chi connectivity index (χ0) is 19.0. The SMILES string of the molecule is C/C=C1/CN2CC[C@@]34c5ccccc5NC23[C@H](O)C[C@@H]1[C@@]4(CO)C(=O)OC. The molecule has 4 heterocycles. The van der Waals surface area contributed by atoms with Gasteiger partial charge in [0.05, 0.1) is 25.2 Å². The smallest absolute Gasteiger partial charge is 0.315 e. The second-order valence-electron chi connectivity index (χ2n) is 8.30. The molecule has 5 aliphatic rings. The molecule has 6 atom stereocenters. The van der Waals surface area contributed by atoms with E-state index in [2.05, 4.69) is 10.2 Å². The van der Waals surface area contributed by atoms with E-state index in [-0.39, 0.29) is 18.5 Å². The number of ether oxygens (including phenoxy) is 1. The lowest BCUT2D eigenvalue weighted by Crippen LogP contribution is -2.75. The van der Waals surface area contributed by atoms with Gasteiger partial charge in [-0.2, -0.15) is 0 Å². The fourth-order valence-corrected chi connectivity index (χ4v) is 7.01. The van der Waals surface area contributed by atoms with Crippen LogP contribution < -0.4 is 5.32 Å². The summed E-state index contributed by atoms with van der Waals surface area (Å²) < 4.78 is 5.33. The summed E-state index contributed by atoms with van der Waals surface area (Å²) in [6.07, 6.45) is 2.51. The molecule has 0 aromatic heterocycles. The van der Waals surface area contributed by atoms with Crippen LogP contribution in [0.5, 0.6) is 0 Å². The molecule has 144 valence electrons.